The Balaban J connectivity index is 1.57. The quantitative estimate of drug-likeness (QED) is 0.547. The first-order valence-corrected chi connectivity index (χ1v) is 8.28. The van der Waals surface area contributed by atoms with Gasteiger partial charge in [0.25, 0.3) is 11.8 Å². The molecule has 0 radical (unpaired) electrons. The zero-order valence-electron chi connectivity index (χ0n) is 13.9. The largest absolute Gasteiger partial charge is 0.481 e. The van der Waals surface area contributed by atoms with E-state index in [4.69, 9.17) is 16.3 Å². The summed E-state index contributed by atoms with van der Waals surface area (Å²) in [7, 11) is 0. The van der Waals surface area contributed by atoms with Crippen LogP contribution in [0.1, 0.15) is 17.3 Å². The fourth-order valence-electron chi connectivity index (χ4n) is 2.33. The topological polar surface area (TPSA) is 80.3 Å². The Kier molecular flexibility index (Phi) is 5.34. The molecule has 3 aromatic rings. The minimum Gasteiger partial charge on any atom is -0.481 e. The third-order valence-corrected chi connectivity index (χ3v) is 3.90. The molecule has 1 atom stereocenters. The van der Waals surface area contributed by atoms with E-state index >= 15 is 0 Å². The zero-order valence-corrected chi connectivity index (χ0v) is 14.7. The lowest BCUT2D eigenvalue weighted by Gasteiger charge is -2.15. The van der Waals surface area contributed by atoms with Crippen molar-refractivity contribution in [3.8, 4) is 5.75 Å². The summed E-state index contributed by atoms with van der Waals surface area (Å²) in [6, 6.07) is 16.3. The number of amides is 2. The van der Waals surface area contributed by atoms with Gasteiger partial charge in [-0.15, -0.1) is 0 Å². The number of fused-ring (bicyclic) bond motifs is 1. The third kappa shape index (κ3) is 4.29. The molecule has 0 aliphatic rings. The summed E-state index contributed by atoms with van der Waals surface area (Å²) in [5.41, 5.74) is 4.93. The number of halogens is 1. The van der Waals surface area contributed by atoms with Crippen molar-refractivity contribution in [1.29, 1.82) is 0 Å². The Bertz CT molecular complexity index is 961. The highest BCUT2D eigenvalue weighted by Gasteiger charge is 2.16. The van der Waals surface area contributed by atoms with E-state index in [1.165, 1.54) is 18.3 Å². The van der Waals surface area contributed by atoms with Crippen LogP contribution in [-0.4, -0.2) is 22.9 Å². The monoisotopic (exact) mass is 369 g/mol. The molecule has 7 heteroatoms. The molecule has 0 saturated heterocycles. The fourth-order valence-corrected chi connectivity index (χ4v) is 2.51. The zero-order chi connectivity index (χ0) is 18.5. The molecule has 3 rings (SSSR count). The average molecular weight is 370 g/mol. The lowest BCUT2D eigenvalue weighted by atomic mass is 10.1. The van der Waals surface area contributed by atoms with Crippen LogP contribution in [-0.2, 0) is 4.79 Å². The van der Waals surface area contributed by atoms with Crippen molar-refractivity contribution in [1.82, 2.24) is 15.8 Å². The van der Waals surface area contributed by atoms with Crippen LogP contribution in [0.4, 0.5) is 0 Å². The molecule has 0 spiro atoms. The van der Waals surface area contributed by atoms with Crippen LogP contribution in [0.2, 0.25) is 5.15 Å². The van der Waals surface area contributed by atoms with Gasteiger partial charge in [-0.05, 0) is 42.0 Å². The van der Waals surface area contributed by atoms with Crippen molar-refractivity contribution in [2.45, 2.75) is 13.0 Å². The number of benzene rings is 2. The van der Waals surface area contributed by atoms with E-state index in [1.54, 1.807) is 13.0 Å². The number of ether oxygens (including phenoxy) is 1. The smallest absolute Gasteiger partial charge is 0.279 e. The summed E-state index contributed by atoms with van der Waals surface area (Å²) < 4.78 is 5.65. The second-order valence-electron chi connectivity index (χ2n) is 5.58. The molecule has 2 aromatic carbocycles. The van der Waals surface area contributed by atoms with Gasteiger partial charge in [0.1, 0.15) is 10.9 Å². The number of hydrogen-bond acceptors (Lipinski definition) is 4. The molecule has 1 heterocycles. The third-order valence-electron chi connectivity index (χ3n) is 3.69. The van der Waals surface area contributed by atoms with Gasteiger partial charge in [0, 0.05) is 11.8 Å². The van der Waals surface area contributed by atoms with Crippen LogP contribution in [0.3, 0.4) is 0 Å². The Labute approximate surface area is 155 Å². The van der Waals surface area contributed by atoms with E-state index < -0.39 is 17.9 Å². The highest BCUT2D eigenvalue weighted by atomic mass is 35.5. The number of nitrogens with one attached hydrogen (secondary N) is 2. The van der Waals surface area contributed by atoms with E-state index in [2.05, 4.69) is 15.8 Å². The number of nitrogens with zero attached hydrogens (tertiary/aromatic N) is 1. The van der Waals surface area contributed by atoms with Crippen molar-refractivity contribution in [3.63, 3.8) is 0 Å². The molecule has 2 N–H and O–H groups in total. The van der Waals surface area contributed by atoms with Gasteiger partial charge in [0.15, 0.2) is 6.10 Å². The maximum absolute atomic E-state index is 12.1. The van der Waals surface area contributed by atoms with Gasteiger partial charge in [-0.2, -0.15) is 0 Å². The highest BCUT2D eigenvalue weighted by molar-refractivity contribution is 6.29. The number of aromatic nitrogens is 1. The summed E-state index contributed by atoms with van der Waals surface area (Å²) in [5.74, 6) is -0.411. The number of carbonyl (C=O) groups excluding carboxylic acids is 2. The summed E-state index contributed by atoms with van der Waals surface area (Å²) in [4.78, 5) is 27.9. The second-order valence-corrected chi connectivity index (χ2v) is 5.97. The SMILES string of the molecule is CC(Oc1ccc2ccccc2c1)C(=O)NNC(=O)c1ccnc(Cl)c1. The lowest BCUT2D eigenvalue weighted by molar-refractivity contribution is -0.128. The molecule has 1 unspecified atom stereocenters. The van der Waals surface area contributed by atoms with Gasteiger partial charge in [-0.3, -0.25) is 20.4 Å². The molecule has 0 bridgehead atoms. The van der Waals surface area contributed by atoms with Crippen molar-refractivity contribution < 1.29 is 14.3 Å². The number of hydrogen-bond donors (Lipinski definition) is 2. The van der Waals surface area contributed by atoms with Crippen LogP contribution in [0.5, 0.6) is 5.75 Å². The van der Waals surface area contributed by atoms with E-state index in [-0.39, 0.29) is 10.7 Å². The Morgan fingerprint density at radius 2 is 1.81 bits per heavy atom. The number of rotatable bonds is 4. The van der Waals surface area contributed by atoms with Gasteiger partial charge in [0.2, 0.25) is 0 Å². The van der Waals surface area contributed by atoms with Gasteiger partial charge in [-0.1, -0.05) is 41.9 Å². The van der Waals surface area contributed by atoms with Crippen LogP contribution < -0.4 is 15.6 Å². The van der Waals surface area contributed by atoms with Crippen molar-refractivity contribution >= 4 is 34.2 Å². The van der Waals surface area contributed by atoms with Gasteiger partial charge in [0.05, 0.1) is 0 Å². The minimum atomic E-state index is -0.794. The maximum Gasteiger partial charge on any atom is 0.279 e. The molecule has 0 saturated carbocycles. The normalized spacial score (nSPS) is 11.6. The molecule has 0 fully saturated rings. The first kappa shape index (κ1) is 17.7. The van der Waals surface area contributed by atoms with Crippen LogP contribution >= 0.6 is 11.6 Å². The van der Waals surface area contributed by atoms with E-state index in [9.17, 15) is 9.59 Å². The van der Waals surface area contributed by atoms with Crippen LogP contribution in [0, 0.1) is 0 Å². The standard InChI is InChI=1S/C19H16ClN3O3/c1-12(26-16-7-6-13-4-2-3-5-14(13)10-16)18(24)22-23-19(25)15-8-9-21-17(20)11-15/h2-12H,1H3,(H,22,24)(H,23,25). The first-order valence-electron chi connectivity index (χ1n) is 7.90. The van der Waals surface area contributed by atoms with E-state index in [1.807, 2.05) is 36.4 Å². The number of hydrazine groups is 1. The summed E-state index contributed by atoms with van der Waals surface area (Å²) >= 11 is 5.74. The van der Waals surface area contributed by atoms with Gasteiger partial charge >= 0.3 is 0 Å². The number of pyridine rings is 1. The predicted molar refractivity (Wildman–Crippen MR) is 98.9 cm³/mol. The molecule has 0 aliphatic heterocycles. The molecule has 26 heavy (non-hydrogen) atoms. The van der Waals surface area contributed by atoms with E-state index in [0.29, 0.717) is 5.75 Å². The fraction of sp³-hybridized carbons (Fsp3) is 0.105. The summed E-state index contributed by atoms with van der Waals surface area (Å²) in [6.07, 6.45) is 0.613. The van der Waals surface area contributed by atoms with Crippen LogP contribution in [0.15, 0.2) is 60.8 Å². The lowest BCUT2D eigenvalue weighted by Crippen LogP contribution is -2.47. The first-order chi connectivity index (χ1) is 12.5. The van der Waals surface area contributed by atoms with E-state index in [0.717, 1.165) is 10.8 Å². The Hall–Kier alpha value is -3.12. The highest BCUT2D eigenvalue weighted by Crippen LogP contribution is 2.21. The second kappa shape index (κ2) is 7.84. The van der Waals surface area contributed by atoms with Gasteiger partial charge < -0.3 is 4.74 Å². The predicted octanol–water partition coefficient (Wildman–Crippen LogP) is 3.12. The molecular formula is C19H16ClN3O3. The molecule has 0 aliphatic carbocycles. The van der Waals surface area contributed by atoms with Gasteiger partial charge in [-0.25, -0.2) is 4.98 Å². The molecular weight excluding hydrogens is 354 g/mol. The van der Waals surface area contributed by atoms with Crippen molar-refractivity contribution in [2.75, 3.05) is 0 Å². The Morgan fingerprint density at radius 3 is 2.58 bits per heavy atom. The molecule has 2 amide bonds. The molecule has 1 aromatic heterocycles. The maximum atomic E-state index is 12.1. The number of carbonyl (C=O) groups is 2. The summed E-state index contributed by atoms with van der Waals surface area (Å²) in [5, 5.41) is 2.29. The molecule has 6 nitrogen and oxygen atoms in total. The van der Waals surface area contributed by atoms with Crippen molar-refractivity contribution in [3.05, 3.63) is 71.5 Å². The Morgan fingerprint density at radius 1 is 1.04 bits per heavy atom. The van der Waals surface area contributed by atoms with Crippen LogP contribution in [0.25, 0.3) is 10.8 Å². The minimum absolute atomic E-state index is 0.192. The van der Waals surface area contributed by atoms with Crippen molar-refractivity contribution in [2.24, 2.45) is 0 Å². The molecule has 132 valence electrons. The summed E-state index contributed by atoms with van der Waals surface area (Å²) in [6.45, 7) is 1.60. The average Bonchev–Trinajstić information content (AvgIpc) is 2.65.